The minimum Gasteiger partial charge on any atom is -0.380 e. The molecule has 120 valence electrons. The van der Waals surface area contributed by atoms with Crippen LogP contribution in [0.15, 0.2) is 29.8 Å². The van der Waals surface area contributed by atoms with Gasteiger partial charge in [0, 0.05) is 19.5 Å². The predicted molar refractivity (Wildman–Crippen MR) is 83.6 cm³/mol. The first kappa shape index (κ1) is 16.5. The average Bonchev–Trinajstić information content (AvgIpc) is 2.51. The standard InChI is InChI=1S/C17H22F2N2O/c18-14-7-4-8-15(19)17(14)21-12-10-16(22)20-11-9-13-5-2-1-3-6-13/h4-5,7-8,21H,1-3,6,9-12H2,(H,20,22). The van der Waals surface area contributed by atoms with Gasteiger partial charge >= 0.3 is 0 Å². The van der Waals surface area contributed by atoms with Crippen LogP contribution in [0.2, 0.25) is 0 Å². The molecule has 2 rings (SSSR count). The van der Waals surface area contributed by atoms with E-state index in [4.69, 9.17) is 0 Å². The van der Waals surface area contributed by atoms with Gasteiger partial charge in [0.1, 0.15) is 17.3 Å². The Hall–Kier alpha value is -1.91. The van der Waals surface area contributed by atoms with E-state index in [-0.39, 0.29) is 24.6 Å². The summed E-state index contributed by atoms with van der Waals surface area (Å²) in [7, 11) is 0. The molecule has 1 aliphatic carbocycles. The van der Waals surface area contributed by atoms with Gasteiger partial charge in [-0.25, -0.2) is 8.78 Å². The van der Waals surface area contributed by atoms with Gasteiger partial charge in [0.2, 0.25) is 5.91 Å². The van der Waals surface area contributed by atoms with Crippen molar-refractivity contribution in [1.82, 2.24) is 5.32 Å². The van der Waals surface area contributed by atoms with E-state index in [0.29, 0.717) is 6.54 Å². The lowest BCUT2D eigenvalue weighted by molar-refractivity contribution is -0.120. The van der Waals surface area contributed by atoms with E-state index in [9.17, 15) is 13.6 Å². The Morgan fingerprint density at radius 3 is 2.59 bits per heavy atom. The third-order valence-corrected chi connectivity index (χ3v) is 3.77. The van der Waals surface area contributed by atoms with Gasteiger partial charge in [-0.2, -0.15) is 0 Å². The largest absolute Gasteiger partial charge is 0.380 e. The van der Waals surface area contributed by atoms with Crippen molar-refractivity contribution in [3.05, 3.63) is 41.5 Å². The molecular weight excluding hydrogens is 286 g/mol. The first-order valence-electron chi connectivity index (χ1n) is 7.79. The number of allylic oxidation sites excluding steroid dienone is 1. The van der Waals surface area contributed by atoms with Crippen molar-refractivity contribution in [3.63, 3.8) is 0 Å². The average molecular weight is 308 g/mol. The van der Waals surface area contributed by atoms with Gasteiger partial charge in [0.25, 0.3) is 0 Å². The van der Waals surface area contributed by atoms with Crippen molar-refractivity contribution in [1.29, 1.82) is 0 Å². The zero-order chi connectivity index (χ0) is 15.8. The monoisotopic (exact) mass is 308 g/mol. The Balaban J connectivity index is 1.64. The van der Waals surface area contributed by atoms with E-state index < -0.39 is 11.6 Å². The van der Waals surface area contributed by atoms with Gasteiger partial charge in [-0.05, 0) is 44.2 Å². The maximum atomic E-state index is 13.4. The van der Waals surface area contributed by atoms with E-state index in [1.54, 1.807) is 0 Å². The number of carbonyl (C=O) groups is 1. The van der Waals surface area contributed by atoms with Crippen LogP contribution in [-0.2, 0) is 4.79 Å². The van der Waals surface area contributed by atoms with E-state index in [1.807, 2.05) is 0 Å². The summed E-state index contributed by atoms with van der Waals surface area (Å²) in [6.45, 7) is 0.825. The van der Waals surface area contributed by atoms with Gasteiger partial charge in [0.15, 0.2) is 0 Å². The van der Waals surface area contributed by atoms with Crippen LogP contribution in [0.25, 0.3) is 0 Å². The van der Waals surface area contributed by atoms with Crippen LogP contribution in [-0.4, -0.2) is 19.0 Å². The summed E-state index contributed by atoms with van der Waals surface area (Å²) < 4.78 is 26.7. The Morgan fingerprint density at radius 1 is 1.14 bits per heavy atom. The summed E-state index contributed by atoms with van der Waals surface area (Å²) in [5.41, 5.74) is 1.24. The summed E-state index contributed by atoms with van der Waals surface area (Å²) >= 11 is 0. The van der Waals surface area contributed by atoms with Gasteiger partial charge in [-0.3, -0.25) is 4.79 Å². The number of anilines is 1. The normalized spacial score (nSPS) is 14.4. The molecule has 0 aromatic heterocycles. The molecule has 0 radical (unpaired) electrons. The zero-order valence-electron chi connectivity index (χ0n) is 12.6. The Labute approximate surface area is 129 Å². The first-order valence-corrected chi connectivity index (χ1v) is 7.79. The Morgan fingerprint density at radius 2 is 1.91 bits per heavy atom. The molecule has 0 fully saturated rings. The molecule has 0 spiro atoms. The Bertz CT molecular complexity index is 523. The summed E-state index contributed by atoms with van der Waals surface area (Å²) in [5.74, 6) is -1.41. The van der Waals surface area contributed by atoms with Gasteiger partial charge in [-0.15, -0.1) is 0 Å². The molecule has 3 nitrogen and oxygen atoms in total. The van der Waals surface area contributed by atoms with Crippen LogP contribution in [0.3, 0.4) is 0 Å². The molecule has 0 atom stereocenters. The van der Waals surface area contributed by atoms with E-state index in [1.165, 1.54) is 36.6 Å². The highest BCUT2D eigenvalue weighted by atomic mass is 19.1. The number of carbonyl (C=O) groups excluding carboxylic acids is 1. The molecule has 22 heavy (non-hydrogen) atoms. The lowest BCUT2D eigenvalue weighted by Gasteiger charge is -2.13. The molecule has 2 N–H and O–H groups in total. The number of benzene rings is 1. The molecule has 0 aliphatic heterocycles. The van der Waals surface area contributed by atoms with Crippen LogP contribution < -0.4 is 10.6 Å². The van der Waals surface area contributed by atoms with Crippen molar-refractivity contribution in [3.8, 4) is 0 Å². The van der Waals surface area contributed by atoms with Gasteiger partial charge in [-0.1, -0.05) is 17.7 Å². The molecule has 1 aliphatic rings. The second kappa shape index (κ2) is 8.51. The topological polar surface area (TPSA) is 41.1 Å². The van der Waals surface area contributed by atoms with Crippen molar-refractivity contribution in [2.45, 2.75) is 38.5 Å². The molecule has 0 saturated heterocycles. The SMILES string of the molecule is O=C(CCNc1c(F)cccc1F)NCCC1=CCCCC1. The molecule has 1 aromatic carbocycles. The Kier molecular flexibility index (Phi) is 6.37. The minimum atomic E-state index is -0.648. The molecule has 1 amide bonds. The number of halogens is 2. The van der Waals surface area contributed by atoms with E-state index >= 15 is 0 Å². The third kappa shape index (κ3) is 5.13. The van der Waals surface area contributed by atoms with Crippen molar-refractivity contribution in [2.75, 3.05) is 18.4 Å². The van der Waals surface area contributed by atoms with Gasteiger partial charge < -0.3 is 10.6 Å². The fourth-order valence-corrected chi connectivity index (χ4v) is 2.55. The molecule has 5 heteroatoms. The zero-order valence-corrected chi connectivity index (χ0v) is 12.6. The number of para-hydroxylation sites is 1. The number of hydrogen-bond donors (Lipinski definition) is 2. The van der Waals surface area contributed by atoms with Crippen molar-refractivity contribution < 1.29 is 13.6 Å². The number of rotatable bonds is 7. The summed E-state index contributed by atoms with van der Waals surface area (Å²) in [5, 5.41) is 5.47. The molecule has 1 aromatic rings. The lowest BCUT2D eigenvalue weighted by Crippen LogP contribution is -2.26. The van der Waals surface area contributed by atoms with Crippen molar-refractivity contribution >= 4 is 11.6 Å². The highest BCUT2D eigenvalue weighted by molar-refractivity contribution is 5.76. The number of amides is 1. The van der Waals surface area contributed by atoms with Crippen LogP contribution in [0.5, 0.6) is 0 Å². The van der Waals surface area contributed by atoms with E-state index in [2.05, 4.69) is 16.7 Å². The molecule has 0 unspecified atom stereocenters. The smallest absolute Gasteiger partial charge is 0.221 e. The van der Waals surface area contributed by atoms with E-state index in [0.717, 1.165) is 19.3 Å². The second-order valence-electron chi connectivity index (χ2n) is 5.48. The highest BCUT2D eigenvalue weighted by Gasteiger charge is 2.09. The third-order valence-electron chi connectivity index (χ3n) is 3.77. The molecule has 0 saturated carbocycles. The molecule has 0 bridgehead atoms. The van der Waals surface area contributed by atoms with Crippen LogP contribution in [0.1, 0.15) is 38.5 Å². The quantitative estimate of drug-likeness (QED) is 0.753. The van der Waals surface area contributed by atoms with Crippen LogP contribution in [0, 0.1) is 11.6 Å². The fraction of sp³-hybridized carbons (Fsp3) is 0.471. The summed E-state index contributed by atoms with van der Waals surface area (Å²) in [6, 6.07) is 3.68. The molecular formula is C17H22F2N2O. The van der Waals surface area contributed by atoms with Crippen molar-refractivity contribution in [2.24, 2.45) is 0 Å². The highest BCUT2D eigenvalue weighted by Crippen LogP contribution is 2.19. The maximum absolute atomic E-state index is 13.4. The fourth-order valence-electron chi connectivity index (χ4n) is 2.55. The maximum Gasteiger partial charge on any atom is 0.221 e. The first-order chi connectivity index (χ1) is 10.7. The lowest BCUT2D eigenvalue weighted by atomic mass is 9.97. The van der Waals surface area contributed by atoms with Crippen LogP contribution >= 0.6 is 0 Å². The second-order valence-corrected chi connectivity index (χ2v) is 5.48. The summed E-state index contributed by atoms with van der Waals surface area (Å²) in [4.78, 5) is 11.7. The van der Waals surface area contributed by atoms with Gasteiger partial charge in [0.05, 0.1) is 0 Å². The molecule has 0 heterocycles. The number of nitrogens with one attached hydrogen (secondary N) is 2. The predicted octanol–water partition coefficient (Wildman–Crippen LogP) is 3.77. The minimum absolute atomic E-state index is 0.111. The summed E-state index contributed by atoms with van der Waals surface area (Å²) in [6.07, 6.45) is 8.10. The number of hydrogen-bond acceptors (Lipinski definition) is 2. The van der Waals surface area contributed by atoms with Crippen LogP contribution in [0.4, 0.5) is 14.5 Å².